The Balaban J connectivity index is 2.12. The van der Waals surface area contributed by atoms with Crippen molar-refractivity contribution in [1.82, 2.24) is 10.2 Å². The zero-order chi connectivity index (χ0) is 14.0. The molecule has 1 aromatic carbocycles. The van der Waals surface area contributed by atoms with Gasteiger partial charge in [0.1, 0.15) is 0 Å². The quantitative estimate of drug-likeness (QED) is 0.646. The molecule has 1 amide bonds. The van der Waals surface area contributed by atoms with Crippen LogP contribution in [0.4, 0.5) is 5.69 Å². The standard InChI is InChI=1S/C13H17N3O3/c1-9-7-15(8-10(2)14-9)13(17)11-3-5-12(6-4-11)16(18)19/h3-6,9-10,14H,7-8H2,1-2H3/t9-,10+. The first kappa shape index (κ1) is 13.5. The second-order valence-corrected chi connectivity index (χ2v) is 4.98. The number of nitro benzene ring substituents is 1. The lowest BCUT2D eigenvalue weighted by atomic mass is 10.1. The Hall–Kier alpha value is -1.95. The van der Waals surface area contributed by atoms with E-state index in [1.165, 1.54) is 24.3 Å². The van der Waals surface area contributed by atoms with E-state index >= 15 is 0 Å². The van der Waals surface area contributed by atoms with Crippen molar-refractivity contribution in [2.24, 2.45) is 0 Å². The molecule has 19 heavy (non-hydrogen) atoms. The van der Waals surface area contributed by atoms with E-state index in [0.29, 0.717) is 18.7 Å². The second-order valence-electron chi connectivity index (χ2n) is 4.98. The largest absolute Gasteiger partial charge is 0.336 e. The molecule has 0 bridgehead atoms. The van der Waals surface area contributed by atoms with Crippen LogP contribution in [0, 0.1) is 10.1 Å². The number of amides is 1. The molecule has 1 aliphatic heterocycles. The van der Waals surface area contributed by atoms with Gasteiger partial charge in [0, 0.05) is 42.9 Å². The zero-order valence-electron chi connectivity index (χ0n) is 11.0. The fraction of sp³-hybridized carbons (Fsp3) is 0.462. The number of hydrogen-bond donors (Lipinski definition) is 1. The first-order valence-corrected chi connectivity index (χ1v) is 6.27. The molecular weight excluding hydrogens is 246 g/mol. The van der Waals surface area contributed by atoms with Crippen LogP contribution in [0.25, 0.3) is 0 Å². The fourth-order valence-corrected chi connectivity index (χ4v) is 2.40. The Labute approximate surface area is 111 Å². The molecule has 1 aliphatic rings. The minimum Gasteiger partial charge on any atom is -0.336 e. The molecule has 1 heterocycles. The molecule has 0 radical (unpaired) electrons. The van der Waals surface area contributed by atoms with E-state index in [1.54, 1.807) is 4.90 Å². The average molecular weight is 263 g/mol. The van der Waals surface area contributed by atoms with Gasteiger partial charge < -0.3 is 10.2 Å². The lowest BCUT2D eigenvalue weighted by Gasteiger charge is -2.36. The van der Waals surface area contributed by atoms with Gasteiger partial charge in [-0.15, -0.1) is 0 Å². The lowest BCUT2D eigenvalue weighted by Crippen LogP contribution is -2.55. The molecule has 0 unspecified atom stereocenters. The van der Waals surface area contributed by atoms with E-state index in [0.717, 1.165) is 0 Å². The predicted molar refractivity (Wildman–Crippen MR) is 71.1 cm³/mol. The third-order valence-corrected chi connectivity index (χ3v) is 3.17. The number of nitrogens with zero attached hydrogens (tertiary/aromatic N) is 2. The summed E-state index contributed by atoms with van der Waals surface area (Å²) in [6, 6.07) is 6.26. The molecule has 2 rings (SSSR count). The van der Waals surface area contributed by atoms with Gasteiger partial charge in [-0.3, -0.25) is 14.9 Å². The number of nitro groups is 1. The number of carbonyl (C=O) groups excluding carboxylic acids is 1. The summed E-state index contributed by atoms with van der Waals surface area (Å²) in [6.45, 7) is 5.37. The van der Waals surface area contributed by atoms with Crippen LogP contribution < -0.4 is 5.32 Å². The molecule has 0 spiro atoms. The van der Waals surface area contributed by atoms with Gasteiger partial charge in [-0.05, 0) is 26.0 Å². The van der Waals surface area contributed by atoms with Gasteiger partial charge in [0.25, 0.3) is 11.6 Å². The third kappa shape index (κ3) is 3.08. The predicted octanol–water partition coefficient (Wildman–Crippen LogP) is 1.42. The molecule has 0 aromatic heterocycles. The van der Waals surface area contributed by atoms with Gasteiger partial charge >= 0.3 is 0 Å². The molecule has 0 saturated carbocycles. The van der Waals surface area contributed by atoms with Crippen molar-refractivity contribution in [3.63, 3.8) is 0 Å². The van der Waals surface area contributed by atoms with Crippen molar-refractivity contribution in [2.75, 3.05) is 13.1 Å². The number of non-ortho nitro benzene ring substituents is 1. The van der Waals surface area contributed by atoms with Gasteiger partial charge in [0.15, 0.2) is 0 Å². The van der Waals surface area contributed by atoms with Crippen LogP contribution in [-0.2, 0) is 0 Å². The third-order valence-electron chi connectivity index (χ3n) is 3.17. The van der Waals surface area contributed by atoms with Crippen LogP contribution in [0.3, 0.4) is 0 Å². The number of carbonyl (C=O) groups is 1. The summed E-state index contributed by atoms with van der Waals surface area (Å²) in [5.41, 5.74) is 0.491. The van der Waals surface area contributed by atoms with Gasteiger partial charge in [0.05, 0.1) is 4.92 Å². The first-order chi connectivity index (χ1) is 8.97. The maximum atomic E-state index is 12.3. The highest BCUT2D eigenvalue weighted by Gasteiger charge is 2.25. The Kier molecular flexibility index (Phi) is 3.80. The van der Waals surface area contributed by atoms with Crippen molar-refractivity contribution >= 4 is 11.6 Å². The first-order valence-electron chi connectivity index (χ1n) is 6.27. The summed E-state index contributed by atoms with van der Waals surface area (Å²) < 4.78 is 0. The van der Waals surface area contributed by atoms with Crippen LogP contribution in [0.2, 0.25) is 0 Å². The summed E-state index contributed by atoms with van der Waals surface area (Å²) in [7, 11) is 0. The molecule has 1 fully saturated rings. The molecule has 2 atom stereocenters. The Morgan fingerprint density at radius 1 is 1.26 bits per heavy atom. The number of piperazine rings is 1. The average Bonchev–Trinajstić information content (AvgIpc) is 2.37. The van der Waals surface area contributed by atoms with Crippen molar-refractivity contribution in [2.45, 2.75) is 25.9 Å². The van der Waals surface area contributed by atoms with Crippen molar-refractivity contribution in [3.8, 4) is 0 Å². The summed E-state index contributed by atoms with van der Waals surface area (Å²) >= 11 is 0. The second kappa shape index (κ2) is 5.36. The molecule has 1 saturated heterocycles. The molecule has 1 N–H and O–H groups in total. The normalized spacial score (nSPS) is 23.2. The Morgan fingerprint density at radius 3 is 2.26 bits per heavy atom. The maximum Gasteiger partial charge on any atom is 0.269 e. The minimum atomic E-state index is -0.469. The molecule has 6 nitrogen and oxygen atoms in total. The van der Waals surface area contributed by atoms with E-state index in [-0.39, 0.29) is 23.7 Å². The molecule has 0 aliphatic carbocycles. The van der Waals surface area contributed by atoms with Gasteiger partial charge in [-0.2, -0.15) is 0 Å². The van der Waals surface area contributed by atoms with Gasteiger partial charge in [-0.1, -0.05) is 0 Å². The van der Waals surface area contributed by atoms with E-state index in [9.17, 15) is 14.9 Å². The summed E-state index contributed by atoms with van der Waals surface area (Å²) in [5, 5.41) is 13.9. The molecule has 1 aromatic rings. The summed E-state index contributed by atoms with van der Waals surface area (Å²) in [6.07, 6.45) is 0. The smallest absolute Gasteiger partial charge is 0.269 e. The Bertz CT molecular complexity index is 476. The van der Waals surface area contributed by atoms with E-state index in [4.69, 9.17) is 0 Å². The molecule has 6 heteroatoms. The highest BCUT2D eigenvalue weighted by Crippen LogP contribution is 2.15. The molecular formula is C13H17N3O3. The zero-order valence-corrected chi connectivity index (χ0v) is 11.0. The van der Waals surface area contributed by atoms with Crippen LogP contribution in [-0.4, -0.2) is 40.9 Å². The SMILES string of the molecule is C[C@@H]1CN(C(=O)c2ccc([N+](=O)[O-])cc2)C[C@H](C)N1. The van der Waals surface area contributed by atoms with E-state index < -0.39 is 4.92 Å². The van der Waals surface area contributed by atoms with Crippen molar-refractivity contribution in [3.05, 3.63) is 39.9 Å². The summed E-state index contributed by atoms with van der Waals surface area (Å²) in [4.78, 5) is 24.2. The number of hydrogen-bond acceptors (Lipinski definition) is 4. The number of rotatable bonds is 2. The highest BCUT2D eigenvalue weighted by atomic mass is 16.6. The summed E-state index contributed by atoms with van der Waals surface area (Å²) in [5.74, 6) is -0.0740. The monoisotopic (exact) mass is 263 g/mol. The van der Waals surface area contributed by atoms with Crippen LogP contribution in [0.5, 0.6) is 0 Å². The fourth-order valence-electron chi connectivity index (χ4n) is 2.40. The van der Waals surface area contributed by atoms with Gasteiger partial charge in [0.2, 0.25) is 0 Å². The van der Waals surface area contributed by atoms with E-state index in [2.05, 4.69) is 5.32 Å². The van der Waals surface area contributed by atoms with E-state index in [1.807, 2.05) is 13.8 Å². The van der Waals surface area contributed by atoms with Crippen LogP contribution in [0.15, 0.2) is 24.3 Å². The molecule has 102 valence electrons. The van der Waals surface area contributed by atoms with Gasteiger partial charge in [-0.25, -0.2) is 0 Å². The van der Waals surface area contributed by atoms with Crippen LogP contribution >= 0.6 is 0 Å². The highest BCUT2D eigenvalue weighted by molar-refractivity contribution is 5.94. The van der Waals surface area contributed by atoms with Crippen molar-refractivity contribution in [1.29, 1.82) is 0 Å². The number of nitrogens with one attached hydrogen (secondary N) is 1. The minimum absolute atomic E-state index is 0.00130. The Morgan fingerprint density at radius 2 is 1.79 bits per heavy atom. The van der Waals surface area contributed by atoms with Crippen LogP contribution in [0.1, 0.15) is 24.2 Å². The topological polar surface area (TPSA) is 75.5 Å². The number of benzene rings is 1. The maximum absolute atomic E-state index is 12.3. The lowest BCUT2D eigenvalue weighted by molar-refractivity contribution is -0.384. The van der Waals surface area contributed by atoms with Crippen molar-refractivity contribution < 1.29 is 9.72 Å².